The molecule has 10 heteroatoms. The Kier molecular flexibility index (Phi) is 6.93. The average Bonchev–Trinajstić information content (AvgIpc) is 3.01. The minimum Gasteiger partial charge on any atom is -0.475 e. The van der Waals surface area contributed by atoms with Crippen LogP contribution in [0.4, 0.5) is 18.9 Å². The summed E-state index contributed by atoms with van der Waals surface area (Å²) >= 11 is 0. The molecule has 0 saturated carbocycles. The Morgan fingerprint density at radius 2 is 1.63 bits per heavy atom. The van der Waals surface area contributed by atoms with Gasteiger partial charge in [-0.2, -0.15) is 13.2 Å². The summed E-state index contributed by atoms with van der Waals surface area (Å²) in [4.78, 5) is 29.6. The molecular weight excluding hydrogens is 401 g/mol. The van der Waals surface area contributed by atoms with Gasteiger partial charge in [0.2, 0.25) is 0 Å². The molecule has 3 aromatic rings. The van der Waals surface area contributed by atoms with E-state index in [1.807, 2.05) is 61.7 Å². The molecule has 0 fully saturated rings. The highest BCUT2D eigenvalue weighted by atomic mass is 19.4. The first-order chi connectivity index (χ1) is 14.0. The molecule has 2 N–H and O–H groups in total. The molecule has 0 unspecified atom stereocenters. The van der Waals surface area contributed by atoms with E-state index < -0.39 is 12.1 Å². The summed E-state index contributed by atoms with van der Waals surface area (Å²) in [6.07, 6.45) is -3.28. The molecule has 158 valence electrons. The fourth-order valence-corrected chi connectivity index (χ4v) is 2.33. The number of carbonyl (C=O) groups excluding carboxylic acids is 1. The summed E-state index contributed by atoms with van der Waals surface area (Å²) in [5, 5.41) is 9.98. The minimum atomic E-state index is -5.08. The Balaban J connectivity index is 0.000000396. The van der Waals surface area contributed by atoms with Crippen molar-refractivity contribution in [3.63, 3.8) is 0 Å². The molecule has 0 aliphatic heterocycles. The normalized spacial score (nSPS) is 10.7. The number of aromatic nitrogens is 3. The second-order valence-electron chi connectivity index (χ2n) is 6.25. The van der Waals surface area contributed by atoms with Crippen LogP contribution in [0.5, 0.6) is 0 Å². The fraction of sp³-hybridized carbons (Fsp3) is 0.200. The lowest BCUT2D eigenvalue weighted by Crippen LogP contribution is -2.21. The number of carboxylic acids is 1. The van der Waals surface area contributed by atoms with Gasteiger partial charge in [0.05, 0.1) is 12.0 Å². The first kappa shape index (κ1) is 22.6. The van der Waals surface area contributed by atoms with Crippen LogP contribution in [0.1, 0.15) is 27.6 Å². The Bertz CT molecular complexity index is 1040. The standard InChI is InChI=1S/C18H18N4O.C2HF3O2/c1-12-5-4-6-17(20-12)18(23)21-15-7-9-16(10-8-15)22-11-19-13(2)14(22)3;3-2(4,5)1(6)7/h4-11H,1-3H3,(H,21,23);(H,6,7). The van der Waals surface area contributed by atoms with Crippen molar-refractivity contribution in [2.75, 3.05) is 5.32 Å². The largest absolute Gasteiger partial charge is 0.490 e. The zero-order valence-corrected chi connectivity index (χ0v) is 16.4. The molecule has 2 aromatic heterocycles. The summed E-state index contributed by atoms with van der Waals surface area (Å²) in [5.41, 5.74) is 5.08. The molecule has 30 heavy (non-hydrogen) atoms. The van der Waals surface area contributed by atoms with E-state index in [1.54, 1.807) is 12.4 Å². The highest BCUT2D eigenvalue weighted by Crippen LogP contribution is 2.17. The first-order valence-electron chi connectivity index (χ1n) is 8.65. The van der Waals surface area contributed by atoms with E-state index in [1.165, 1.54) is 0 Å². The van der Waals surface area contributed by atoms with E-state index in [0.717, 1.165) is 28.5 Å². The molecule has 2 heterocycles. The SMILES string of the molecule is Cc1cccc(C(=O)Nc2ccc(-n3cnc(C)c3C)cc2)n1.O=C(O)C(F)(F)F. The quantitative estimate of drug-likeness (QED) is 0.666. The topological polar surface area (TPSA) is 97.1 Å². The van der Waals surface area contributed by atoms with Crippen molar-refractivity contribution in [1.82, 2.24) is 14.5 Å². The van der Waals surface area contributed by atoms with Crippen molar-refractivity contribution >= 4 is 17.6 Å². The highest BCUT2D eigenvalue weighted by molar-refractivity contribution is 6.02. The van der Waals surface area contributed by atoms with Gasteiger partial charge in [0.15, 0.2) is 0 Å². The van der Waals surface area contributed by atoms with Gasteiger partial charge in [-0.15, -0.1) is 0 Å². The third kappa shape index (κ3) is 5.90. The molecule has 0 radical (unpaired) electrons. The number of carboxylic acid groups (broad SMARTS) is 1. The van der Waals surface area contributed by atoms with Crippen LogP contribution in [0, 0.1) is 20.8 Å². The van der Waals surface area contributed by atoms with Gasteiger partial charge in [-0.05, 0) is 57.2 Å². The summed E-state index contributed by atoms with van der Waals surface area (Å²) < 4.78 is 33.8. The third-order valence-electron chi connectivity index (χ3n) is 4.02. The number of amides is 1. The van der Waals surface area contributed by atoms with Crippen LogP contribution in [0.3, 0.4) is 0 Å². The number of pyridine rings is 1. The zero-order chi connectivity index (χ0) is 22.5. The number of alkyl halides is 3. The summed E-state index contributed by atoms with van der Waals surface area (Å²) in [6.45, 7) is 5.87. The number of nitrogens with zero attached hydrogens (tertiary/aromatic N) is 3. The molecule has 3 rings (SSSR count). The molecule has 0 bridgehead atoms. The van der Waals surface area contributed by atoms with Gasteiger partial charge in [-0.25, -0.2) is 14.8 Å². The number of aryl methyl sites for hydroxylation is 2. The van der Waals surface area contributed by atoms with Gasteiger partial charge in [0, 0.05) is 22.8 Å². The summed E-state index contributed by atoms with van der Waals surface area (Å²) in [5.74, 6) is -2.97. The van der Waals surface area contributed by atoms with Crippen LogP contribution in [0.2, 0.25) is 0 Å². The van der Waals surface area contributed by atoms with Crippen LogP contribution >= 0.6 is 0 Å². The molecule has 0 spiro atoms. The maximum atomic E-state index is 12.2. The maximum Gasteiger partial charge on any atom is 0.490 e. The number of imidazole rings is 1. The minimum absolute atomic E-state index is 0.212. The number of hydrogen-bond acceptors (Lipinski definition) is 4. The van der Waals surface area contributed by atoms with Gasteiger partial charge in [-0.1, -0.05) is 6.07 Å². The highest BCUT2D eigenvalue weighted by Gasteiger charge is 2.38. The smallest absolute Gasteiger partial charge is 0.475 e. The predicted molar refractivity (Wildman–Crippen MR) is 104 cm³/mol. The van der Waals surface area contributed by atoms with Gasteiger partial charge >= 0.3 is 12.1 Å². The fourth-order valence-electron chi connectivity index (χ4n) is 2.33. The van der Waals surface area contributed by atoms with E-state index in [0.29, 0.717) is 5.69 Å². The summed E-state index contributed by atoms with van der Waals surface area (Å²) in [7, 11) is 0. The number of hydrogen-bond donors (Lipinski definition) is 2. The predicted octanol–water partition coefficient (Wildman–Crippen LogP) is 4.08. The van der Waals surface area contributed by atoms with Crippen LogP contribution in [0.15, 0.2) is 48.8 Å². The number of nitrogens with one attached hydrogen (secondary N) is 1. The molecule has 1 amide bonds. The number of benzene rings is 1. The van der Waals surface area contributed by atoms with Crippen molar-refractivity contribution in [3.8, 4) is 5.69 Å². The van der Waals surface area contributed by atoms with E-state index in [9.17, 15) is 18.0 Å². The molecule has 0 saturated heterocycles. The average molecular weight is 420 g/mol. The van der Waals surface area contributed by atoms with Crippen molar-refractivity contribution in [3.05, 3.63) is 71.6 Å². The number of carbonyl (C=O) groups is 2. The van der Waals surface area contributed by atoms with E-state index in [-0.39, 0.29) is 5.91 Å². The zero-order valence-electron chi connectivity index (χ0n) is 16.4. The van der Waals surface area contributed by atoms with Crippen LogP contribution in [-0.4, -0.2) is 37.7 Å². The monoisotopic (exact) mass is 420 g/mol. The second-order valence-corrected chi connectivity index (χ2v) is 6.25. The van der Waals surface area contributed by atoms with Gasteiger partial charge in [0.25, 0.3) is 5.91 Å². The Morgan fingerprint density at radius 1 is 1.03 bits per heavy atom. The van der Waals surface area contributed by atoms with Crippen LogP contribution in [0.25, 0.3) is 5.69 Å². The van der Waals surface area contributed by atoms with Gasteiger partial charge in [-0.3, -0.25) is 4.79 Å². The number of aliphatic carboxylic acids is 1. The van der Waals surface area contributed by atoms with Crippen molar-refractivity contribution < 1.29 is 27.9 Å². The molecule has 1 aromatic carbocycles. The number of halogens is 3. The lowest BCUT2D eigenvalue weighted by atomic mass is 10.2. The molecule has 0 aliphatic carbocycles. The summed E-state index contributed by atoms with van der Waals surface area (Å²) in [6, 6.07) is 13.0. The Morgan fingerprint density at radius 3 is 2.10 bits per heavy atom. The lowest BCUT2D eigenvalue weighted by molar-refractivity contribution is -0.192. The second kappa shape index (κ2) is 9.21. The number of anilines is 1. The first-order valence-corrected chi connectivity index (χ1v) is 8.65. The molecular formula is C20H19F3N4O3. The van der Waals surface area contributed by atoms with Crippen LogP contribution in [-0.2, 0) is 4.79 Å². The molecule has 0 aliphatic rings. The Labute approximate surface area is 170 Å². The number of rotatable bonds is 3. The van der Waals surface area contributed by atoms with Crippen molar-refractivity contribution in [2.24, 2.45) is 0 Å². The van der Waals surface area contributed by atoms with E-state index >= 15 is 0 Å². The van der Waals surface area contributed by atoms with Crippen molar-refractivity contribution in [1.29, 1.82) is 0 Å². The maximum absolute atomic E-state index is 12.2. The molecule has 0 atom stereocenters. The van der Waals surface area contributed by atoms with Gasteiger partial charge < -0.3 is 15.0 Å². The Hall–Kier alpha value is -3.69. The third-order valence-corrected chi connectivity index (χ3v) is 4.02. The van der Waals surface area contributed by atoms with Crippen LogP contribution < -0.4 is 5.32 Å². The van der Waals surface area contributed by atoms with Gasteiger partial charge in [0.1, 0.15) is 5.69 Å². The molecule has 7 nitrogen and oxygen atoms in total. The van der Waals surface area contributed by atoms with Crippen molar-refractivity contribution in [2.45, 2.75) is 26.9 Å². The lowest BCUT2D eigenvalue weighted by Gasteiger charge is -2.08. The van der Waals surface area contributed by atoms with E-state index in [2.05, 4.69) is 15.3 Å². The van der Waals surface area contributed by atoms with E-state index in [4.69, 9.17) is 9.90 Å².